The molecule has 0 saturated carbocycles. The Morgan fingerprint density at radius 2 is 1.83 bits per heavy atom. The Bertz CT molecular complexity index is 1740. The lowest BCUT2D eigenvalue weighted by Crippen LogP contribution is -2.32. The number of pyridine rings is 2. The van der Waals surface area contributed by atoms with Crippen LogP contribution in [0, 0.1) is 0 Å². The summed E-state index contributed by atoms with van der Waals surface area (Å²) in [6, 6.07) is 11.6. The molecule has 2 aromatic carbocycles. The second-order valence-electron chi connectivity index (χ2n) is 9.32. The van der Waals surface area contributed by atoms with Gasteiger partial charge in [0.25, 0.3) is 5.56 Å². The van der Waals surface area contributed by atoms with Crippen LogP contribution in [0.1, 0.15) is 28.4 Å². The minimum Gasteiger partial charge on any atom is -0.493 e. The Kier molecular flexibility index (Phi) is 3.79. The van der Waals surface area contributed by atoms with Gasteiger partial charge in [-0.3, -0.25) is 4.79 Å². The molecule has 4 aromatic rings. The van der Waals surface area contributed by atoms with Crippen molar-refractivity contribution in [2.45, 2.75) is 25.7 Å². The fourth-order valence-corrected chi connectivity index (χ4v) is 5.68. The summed E-state index contributed by atoms with van der Waals surface area (Å²) < 4.78 is 23.6. The van der Waals surface area contributed by atoms with E-state index in [2.05, 4.69) is 6.07 Å². The van der Waals surface area contributed by atoms with Gasteiger partial charge in [0, 0.05) is 29.0 Å². The predicted octanol–water partition coefficient (Wildman–Crippen LogP) is 2.85. The summed E-state index contributed by atoms with van der Waals surface area (Å²) >= 11 is 0. The molecule has 6 heterocycles. The quantitative estimate of drug-likeness (QED) is 0.364. The third-order valence-corrected chi connectivity index (χ3v) is 7.43. The number of esters is 1. The molecule has 0 amide bonds. The number of aromatic nitrogens is 2. The fraction of sp³-hybridized carbons (Fsp3) is 0.222. The first-order chi connectivity index (χ1) is 17.6. The van der Waals surface area contributed by atoms with Crippen molar-refractivity contribution in [2.75, 3.05) is 13.4 Å². The molecule has 2 aromatic heterocycles. The number of carbonyl (C=O) groups excluding carboxylic acids is 1. The summed E-state index contributed by atoms with van der Waals surface area (Å²) in [5, 5.41) is 11.4. The Labute approximate surface area is 203 Å². The van der Waals surface area contributed by atoms with E-state index in [-0.39, 0.29) is 24.5 Å². The zero-order valence-corrected chi connectivity index (χ0v) is 18.9. The van der Waals surface area contributed by atoms with Crippen molar-refractivity contribution < 1.29 is 28.8 Å². The highest BCUT2D eigenvalue weighted by Crippen LogP contribution is 2.46. The van der Waals surface area contributed by atoms with Gasteiger partial charge in [-0.1, -0.05) is 6.07 Å². The SMILES string of the molecule is O=C1OCc2c(cc3n(c2=O)Cc2c-3nc3cc4c(cc3c2-c2ccc3c(c2)OCO3)CCO4)C1O. The molecular weight excluding hydrogens is 464 g/mol. The third kappa shape index (κ3) is 2.55. The highest BCUT2D eigenvalue weighted by Gasteiger charge is 2.35. The maximum absolute atomic E-state index is 13.5. The zero-order chi connectivity index (χ0) is 24.1. The second-order valence-corrected chi connectivity index (χ2v) is 9.32. The van der Waals surface area contributed by atoms with Gasteiger partial charge in [0.1, 0.15) is 12.4 Å². The highest BCUT2D eigenvalue weighted by atomic mass is 16.7. The van der Waals surface area contributed by atoms with Crippen LogP contribution in [0.4, 0.5) is 0 Å². The molecule has 9 heteroatoms. The van der Waals surface area contributed by atoms with Gasteiger partial charge >= 0.3 is 5.97 Å². The van der Waals surface area contributed by atoms with Crippen molar-refractivity contribution in [3.8, 4) is 39.8 Å². The first-order valence-electron chi connectivity index (χ1n) is 11.7. The normalized spacial score (nSPS) is 18.4. The number of fused-ring (bicyclic) bond motifs is 7. The summed E-state index contributed by atoms with van der Waals surface area (Å²) in [6.07, 6.45) is -0.678. The first-order valence-corrected chi connectivity index (χ1v) is 11.7. The van der Waals surface area contributed by atoms with Crippen LogP contribution in [0.3, 0.4) is 0 Å². The summed E-state index contributed by atoms with van der Waals surface area (Å²) in [5.41, 5.74) is 6.10. The summed E-state index contributed by atoms with van der Waals surface area (Å²) in [6.45, 7) is 0.952. The summed E-state index contributed by atoms with van der Waals surface area (Å²) in [4.78, 5) is 30.4. The monoisotopic (exact) mass is 482 g/mol. The van der Waals surface area contributed by atoms with Gasteiger partial charge in [0.15, 0.2) is 17.6 Å². The third-order valence-electron chi connectivity index (χ3n) is 7.43. The molecule has 8 rings (SSSR count). The van der Waals surface area contributed by atoms with Crippen molar-refractivity contribution in [2.24, 2.45) is 0 Å². The molecule has 1 N–H and O–H groups in total. The van der Waals surface area contributed by atoms with E-state index >= 15 is 0 Å². The van der Waals surface area contributed by atoms with Gasteiger partial charge in [-0.2, -0.15) is 0 Å². The molecule has 0 saturated heterocycles. The Hall–Kier alpha value is -4.37. The second kappa shape index (κ2) is 6.86. The maximum atomic E-state index is 13.5. The van der Waals surface area contributed by atoms with Crippen LogP contribution in [-0.4, -0.2) is 34.0 Å². The molecule has 1 unspecified atom stereocenters. The number of hydrogen-bond acceptors (Lipinski definition) is 8. The summed E-state index contributed by atoms with van der Waals surface area (Å²) in [5.74, 6) is 1.40. The maximum Gasteiger partial charge on any atom is 0.340 e. The molecule has 4 aliphatic heterocycles. The Balaban J connectivity index is 1.44. The van der Waals surface area contributed by atoms with Crippen molar-refractivity contribution >= 4 is 16.9 Å². The van der Waals surface area contributed by atoms with Crippen LogP contribution in [0.25, 0.3) is 33.4 Å². The van der Waals surface area contributed by atoms with E-state index in [1.165, 1.54) is 0 Å². The standard InChI is InChI=1S/C27H18N2O7/c30-25-14-7-19-24-16(9-29(19)26(31)17(14)10-34-27(25)32)23(13-1-2-20-22(6-13)36-11-35-20)15-5-12-3-4-33-21(12)8-18(15)28-24/h1-2,5-8,25,30H,3-4,9-11H2. The largest absolute Gasteiger partial charge is 0.493 e. The van der Waals surface area contributed by atoms with E-state index in [0.717, 1.165) is 45.3 Å². The number of benzene rings is 2. The zero-order valence-electron chi connectivity index (χ0n) is 18.9. The van der Waals surface area contributed by atoms with E-state index in [1.54, 1.807) is 10.6 Å². The van der Waals surface area contributed by atoms with Gasteiger partial charge in [-0.25, -0.2) is 9.78 Å². The van der Waals surface area contributed by atoms with Crippen LogP contribution in [-0.2, 0) is 29.1 Å². The number of hydrogen-bond donors (Lipinski definition) is 1. The van der Waals surface area contributed by atoms with E-state index in [0.29, 0.717) is 41.6 Å². The van der Waals surface area contributed by atoms with E-state index in [4.69, 9.17) is 23.9 Å². The number of nitrogens with zero attached hydrogens (tertiary/aromatic N) is 2. The van der Waals surface area contributed by atoms with Crippen LogP contribution >= 0.6 is 0 Å². The molecule has 1 atom stereocenters. The lowest BCUT2D eigenvalue weighted by atomic mass is 9.92. The van der Waals surface area contributed by atoms with Crippen molar-refractivity contribution in [1.29, 1.82) is 0 Å². The van der Waals surface area contributed by atoms with Gasteiger partial charge in [-0.05, 0) is 41.0 Å². The van der Waals surface area contributed by atoms with E-state index in [1.807, 2.05) is 24.3 Å². The summed E-state index contributed by atoms with van der Waals surface area (Å²) in [7, 11) is 0. The van der Waals surface area contributed by atoms with Gasteiger partial charge in [0.05, 0.1) is 35.6 Å². The van der Waals surface area contributed by atoms with Gasteiger partial charge < -0.3 is 28.6 Å². The first kappa shape index (κ1) is 19.9. The molecule has 0 fully saturated rings. The molecule has 178 valence electrons. The number of aliphatic hydroxyl groups excluding tert-OH is 1. The molecule has 0 spiro atoms. The Morgan fingerprint density at radius 1 is 0.944 bits per heavy atom. The number of carbonyl (C=O) groups is 1. The number of cyclic esters (lactones) is 1. The topological polar surface area (TPSA) is 109 Å². The molecule has 4 aliphatic rings. The number of ether oxygens (including phenoxy) is 4. The number of aliphatic hydroxyl groups is 1. The van der Waals surface area contributed by atoms with E-state index in [9.17, 15) is 14.7 Å². The number of rotatable bonds is 1. The van der Waals surface area contributed by atoms with Crippen LogP contribution in [0.15, 0.2) is 41.2 Å². The lowest BCUT2D eigenvalue weighted by Gasteiger charge is -2.21. The predicted molar refractivity (Wildman–Crippen MR) is 126 cm³/mol. The van der Waals surface area contributed by atoms with Crippen LogP contribution in [0.5, 0.6) is 17.2 Å². The molecule has 0 aliphatic carbocycles. The Morgan fingerprint density at radius 3 is 2.75 bits per heavy atom. The molecule has 9 nitrogen and oxygen atoms in total. The molecule has 0 radical (unpaired) electrons. The minimum atomic E-state index is -1.50. The van der Waals surface area contributed by atoms with E-state index < -0.39 is 12.1 Å². The van der Waals surface area contributed by atoms with Gasteiger partial charge in [0.2, 0.25) is 6.79 Å². The molecule has 36 heavy (non-hydrogen) atoms. The van der Waals surface area contributed by atoms with Crippen LogP contribution in [0.2, 0.25) is 0 Å². The smallest absolute Gasteiger partial charge is 0.340 e. The minimum absolute atomic E-state index is 0.158. The molecular formula is C27H18N2O7. The average molecular weight is 482 g/mol. The van der Waals surface area contributed by atoms with Gasteiger partial charge in [-0.15, -0.1) is 0 Å². The van der Waals surface area contributed by atoms with Crippen molar-refractivity contribution in [3.05, 3.63) is 69.0 Å². The van der Waals surface area contributed by atoms with Crippen molar-refractivity contribution in [1.82, 2.24) is 9.55 Å². The van der Waals surface area contributed by atoms with Crippen molar-refractivity contribution in [3.63, 3.8) is 0 Å². The highest BCUT2D eigenvalue weighted by molar-refractivity contribution is 6.01. The fourth-order valence-electron chi connectivity index (χ4n) is 5.68. The van der Waals surface area contributed by atoms with Crippen LogP contribution < -0.4 is 19.8 Å². The molecule has 0 bridgehead atoms. The lowest BCUT2D eigenvalue weighted by molar-refractivity contribution is -0.157. The average Bonchev–Trinajstić information content (AvgIpc) is 3.62.